The van der Waals surface area contributed by atoms with Gasteiger partial charge >= 0.3 is 5.97 Å². The molecule has 0 spiro atoms. The summed E-state index contributed by atoms with van der Waals surface area (Å²) >= 11 is 0. The van der Waals surface area contributed by atoms with Crippen LogP contribution >= 0.6 is 0 Å². The highest BCUT2D eigenvalue weighted by atomic mass is 16.5. The standard InChI is InChI=1S/C13H23NO2/c1-3-8(2)11(14)13(15)16-12(9-4-5-9)10-6-7-10/h8-12H,3-7,14H2,1-2H3. The van der Waals surface area contributed by atoms with E-state index in [4.69, 9.17) is 10.5 Å². The van der Waals surface area contributed by atoms with Crippen molar-refractivity contribution in [1.82, 2.24) is 0 Å². The normalized spacial score (nSPS) is 24.2. The SMILES string of the molecule is CCC(C)C(N)C(=O)OC(C1CC1)C1CC1. The molecule has 0 aromatic carbocycles. The van der Waals surface area contributed by atoms with Gasteiger partial charge in [0.05, 0.1) is 0 Å². The molecule has 0 amide bonds. The van der Waals surface area contributed by atoms with Gasteiger partial charge < -0.3 is 10.5 Å². The Labute approximate surface area is 97.7 Å². The molecule has 0 saturated heterocycles. The minimum absolute atomic E-state index is 0.182. The highest BCUT2D eigenvalue weighted by Gasteiger charge is 2.44. The van der Waals surface area contributed by atoms with Crippen molar-refractivity contribution in [3.63, 3.8) is 0 Å². The third-order valence-electron chi connectivity index (χ3n) is 3.95. The molecule has 3 heteroatoms. The van der Waals surface area contributed by atoms with Crippen molar-refractivity contribution in [3.05, 3.63) is 0 Å². The number of esters is 1. The smallest absolute Gasteiger partial charge is 0.323 e. The molecular weight excluding hydrogens is 202 g/mol. The summed E-state index contributed by atoms with van der Waals surface area (Å²) in [5.74, 6) is 1.31. The maximum Gasteiger partial charge on any atom is 0.323 e. The molecule has 16 heavy (non-hydrogen) atoms. The first-order valence-corrected chi connectivity index (χ1v) is 6.59. The van der Waals surface area contributed by atoms with Gasteiger partial charge in [0.15, 0.2) is 0 Å². The van der Waals surface area contributed by atoms with Crippen molar-refractivity contribution >= 4 is 5.97 Å². The van der Waals surface area contributed by atoms with Crippen LogP contribution in [0.25, 0.3) is 0 Å². The van der Waals surface area contributed by atoms with Crippen molar-refractivity contribution in [2.24, 2.45) is 23.5 Å². The molecule has 2 atom stereocenters. The minimum atomic E-state index is -0.440. The quantitative estimate of drug-likeness (QED) is 0.704. The zero-order valence-electron chi connectivity index (χ0n) is 10.3. The van der Waals surface area contributed by atoms with Gasteiger partial charge in [0, 0.05) is 0 Å². The maximum atomic E-state index is 11.9. The van der Waals surface area contributed by atoms with Crippen LogP contribution in [0.3, 0.4) is 0 Å². The molecule has 2 aliphatic rings. The van der Waals surface area contributed by atoms with Crippen molar-refractivity contribution in [2.75, 3.05) is 0 Å². The zero-order chi connectivity index (χ0) is 11.7. The first-order chi connectivity index (χ1) is 7.63. The van der Waals surface area contributed by atoms with Crippen molar-refractivity contribution in [2.45, 2.75) is 58.1 Å². The molecule has 2 N–H and O–H groups in total. The molecule has 0 bridgehead atoms. The Morgan fingerprint density at radius 1 is 1.31 bits per heavy atom. The van der Waals surface area contributed by atoms with Gasteiger partial charge in [-0.1, -0.05) is 20.3 Å². The number of carbonyl (C=O) groups is 1. The highest BCUT2D eigenvalue weighted by Crippen LogP contribution is 2.46. The predicted octanol–water partition coefficient (Wildman–Crippen LogP) is 2.09. The molecule has 2 aliphatic carbocycles. The van der Waals surface area contributed by atoms with Crippen LogP contribution in [0.15, 0.2) is 0 Å². The third-order valence-corrected chi connectivity index (χ3v) is 3.95. The van der Waals surface area contributed by atoms with E-state index in [-0.39, 0.29) is 18.0 Å². The molecular formula is C13H23NO2. The summed E-state index contributed by atoms with van der Waals surface area (Å²) < 4.78 is 5.62. The fourth-order valence-corrected chi connectivity index (χ4v) is 2.13. The Bertz CT molecular complexity index is 247. The molecule has 92 valence electrons. The van der Waals surface area contributed by atoms with Crippen LogP contribution in [0.5, 0.6) is 0 Å². The largest absolute Gasteiger partial charge is 0.461 e. The molecule has 2 saturated carbocycles. The van der Waals surface area contributed by atoms with Gasteiger partial charge in [0.2, 0.25) is 0 Å². The van der Waals surface area contributed by atoms with E-state index in [0.29, 0.717) is 11.8 Å². The summed E-state index contributed by atoms with van der Waals surface area (Å²) in [6.45, 7) is 4.06. The van der Waals surface area contributed by atoms with E-state index in [1.54, 1.807) is 0 Å². The van der Waals surface area contributed by atoms with Crippen molar-refractivity contribution < 1.29 is 9.53 Å². The topological polar surface area (TPSA) is 52.3 Å². The second-order valence-corrected chi connectivity index (χ2v) is 5.49. The maximum absolute atomic E-state index is 11.9. The zero-order valence-corrected chi connectivity index (χ0v) is 10.3. The second kappa shape index (κ2) is 4.74. The number of hydrogen-bond acceptors (Lipinski definition) is 3. The molecule has 2 unspecified atom stereocenters. The van der Waals surface area contributed by atoms with Gasteiger partial charge in [-0.2, -0.15) is 0 Å². The van der Waals surface area contributed by atoms with Gasteiger partial charge in [-0.15, -0.1) is 0 Å². The van der Waals surface area contributed by atoms with Crippen molar-refractivity contribution in [3.8, 4) is 0 Å². The highest BCUT2D eigenvalue weighted by molar-refractivity contribution is 5.76. The summed E-state index contributed by atoms with van der Waals surface area (Å²) in [5, 5.41) is 0. The summed E-state index contributed by atoms with van der Waals surface area (Å²) in [4.78, 5) is 11.9. The Balaban J connectivity index is 1.84. The van der Waals surface area contributed by atoms with Gasteiger partial charge in [-0.25, -0.2) is 0 Å². The Morgan fingerprint density at radius 2 is 1.81 bits per heavy atom. The lowest BCUT2D eigenvalue weighted by molar-refractivity contribution is -0.154. The molecule has 2 rings (SSSR count). The van der Waals surface area contributed by atoms with E-state index in [1.165, 1.54) is 25.7 Å². The number of hydrogen-bond donors (Lipinski definition) is 1. The molecule has 3 nitrogen and oxygen atoms in total. The first kappa shape index (κ1) is 11.9. The van der Waals surface area contributed by atoms with Crippen LogP contribution in [0.2, 0.25) is 0 Å². The molecule has 0 aliphatic heterocycles. The number of ether oxygens (including phenoxy) is 1. The van der Waals surface area contributed by atoms with Crippen LogP contribution in [0.4, 0.5) is 0 Å². The number of rotatable bonds is 6. The fraction of sp³-hybridized carbons (Fsp3) is 0.923. The summed E-state index contributed by atoms with van der Waals surface area (Å²) in [7, 11) is 0. The monoisotopic (exact) mass is 225 g/mol. The Hall–Kier alpha value is -0.570. The predicted molar refractivity (Wildman–Crippen MR) is 62.8 cm³/mol. The molecule has 2 fully saturated rings. The van der Waals surface area contributed by atoms with Gasteiger partial charge in [0.1, 0.15) is 12.1 Å². The van der Waals surface area contributed by atoms with E-state index >= 15 is 0 Å². The third kappa shape index (κ3) is 2.76. The van der Waals surface area contributed by atoms with E-state index < -0.39 is 6.04 Å². The minimum Gasteiger partial charge on any atom is -0.461 e. The number of nitrogens with two attached hydrogens (primary N) is 1. The molecule has 0 aromatic heterocycles. The van der Waals surface area contributed by atoms with E-state index in [1.807, 2.05) is 6.92 Å². The van der Waals surface area contributed by atoms with Gasteiger partial charge in [-0.05, 0) is 43.4 Å². The van der Waals surface area contributed by atoms with Crippen LogP contribution in [-0.4, -0.2) is 18.1 Å². The van der Waals surface area contributed by atoms with Crippen LogP contribution in [0.1, 0.15) is 46.0 Å². The first-order valence-electron chi connectivity index (χ1n) is 6.59. The lowest BCUT2D eigenvalue weighted by Gasteiger charge is -2.22. The summed E-state index contributed by atoms with van der Waals surface area (Å²) in [6, 6.07) is -0.440. The van der Waals surface area contributed by atoms with Gasteiger partial charge in [0.25, 0.3) is 0 Å². The van der Waals surface area contributed by atoms with Crippen LogP contribution in [-0.2, 0) is 9.53 Å². The lowest BCUT2D eigenvalue weighted by Crippen LogP contribution is -2.40. The fourth-order valence-electron chi connectivity index (χ4n) is 2.13. The average Bonchev–Trinajstić information content (AvgIpc) is 3.15. The van der Waals surface area contributed by atoms with Crippen LogP contribution in [0, 0.1) is 17.8 Å². The molecule has 0 radical (unpaired) electrons. The second-order valence-electron chi connectivity index (χ2n) is 5.49. The Morgan fingerprint density at radius 3 is 2.19 bits per heavy atom. The summed E-state index contributed by atoms with van der Waals surface area (Å²) in [5.41, 5.74) is 5.89. The van der Waals surface area contributed by atoms with Crippen molar-refractivity contribution in [1.29, 1.82) is 0 Å². The number of carbonyl (C=O) groups excluding carboxylic acids is 1. The molecule has 0 aromatic rings. The van der Waals surface area contributed by atoms with E-state index in [2.05, 4.69) is 6.92 Å². The van der Waals surface area contributed by atoms with Gasteiger partial charge in [-0.3, -0.25) is 4.79 Å². The van der Waals surface area contributed by atoms with E-state index in [9.17, 15) is 4.79 Å². The average molecular weight is 225 g/mol. The molecule has 0 heterocycles. The van der Waals surface area contributed by atoms with Crippen LogP contribution < -0.4 is 5.73 Å². The summed E-state index contributed by atoms with van der Waals surface area (Å²) in [6.07, 6.45) is 6.02. The van der Waals surface area contributed by atoms with E-state index in [0.717, 1.165) is 6.42 Å². The lowest BCUT2D eigenvalue weighted by atomic mass is 10.00. The Kier molecular flexibility index (Phi) is 3.53.